The first-order valence-corrected chi connectivity index (χ1v) is 9.43. The van der Waals surface area contributed by atoms with E-state index in [4.69, 9.17) is 5.11 Å². The predicted molar refractivity (Wildman–Crippen MR) is 96.9 cm³/mol. The Bertz CT molecular complexity index is 1040. The van der Waals surface area contributed by atoms with Gasteiger partial charge in [-0.2, -0.15) is 13.2 Å². The van der Waals surface area contributed by atoms with Crippen molar-refractivity contribution in [3.63, 3.8) is 0 Å². The lowest BCUT2D eigenvalue weighted by Gasteiger charge is -2.36. The Morgan fingerprint density at radius 1 is 1.19 bits per heavy atom. The van der Waals surface area contributed by atoms with Crippen LogP contribution in [0.2, 0.25) is 0 Å². The normalized spacial score (nSPS) is 17.1. The summed E-state index contributed by atoms with van der Waals surface area (Å²) in [5.41, 5.74) is -0.179. The van der Waals surface area contributed by atoms with Crippen LogP contribution in [0.15, 0.2) is 18.3 Å². The Balaban J connectivity index is 1.78. The van der Waals surface area contributed by atoms with Crippen molar-refractivity contribution in [2.75, 3.05) is 6.54 Å². The van der Waals surface area contributed by atoms with Crippen molar-refractivity contribution in [1.29, 1.82) is 0 Å². The van der Waals surface area contributed by atoms with Crippen LogP contribution in [-0.4, -0.2) is 44.1 Å². The Morgan fingerprint density at radius 3 is 2.47 bits per heavy atom. The number of alkyl halides is 3. The van der Waals surface area contributed by atoms with Crippen LogP contribution in [0.25, 0.3) is 0 Å². The van der Waals surface area contributed by atoms with E-state index in [2.05, 4.69) is 4.98 Å². The van der Waals surface area contributed by atoms with Crippen molar-refractivity contribution in [1.82, 2.24) is 19.8 Å². The molecule has 0 spiro atoms. The number of fused-ring (bicyclic) bond motifs is 1. The van der Waals surface area contributed by atoms with Gasteiger partial charge in [-0.05, 0) is 25.0 Å². The first kappa shape index (κ1) is 23.4. The van der Waals surface area contributed by atoms with Gasteiger partial charge in [0.2, 0.25) is 11.7 Å². The van der Waals surface area contributed by atoms with Gasteiger partial charge in [0.25, 0.3) is 0 Å². The number of carbonyl (C=O) groups excluding carboxylic acids is 1. The molecule has 32 heavy (non-hydrogen) atoms. The molecule has 2 N–H and O–H groups in total. The quantitative estimate of drug-likeness (QED) is 0.524. The number of hydrogen-bond donors (Lipinski definition) is 2. The van der Waals surface area contributed by atoms with E-state index in [1.54, 1.807) is 0 Å². The molecule has 7 nitrogen and oxygen atoms in total. The SMILES string of the molecule is C[C@@H]1c2cnc(C(F)(F)F)n2CCN1C(=O)C[C@@H](Cc1cc(F)c(F)cc1F)NC(=O)O. The van der Waals surface area contributed by atoms with Gasteiger partial charge in [-0.25, -0.2) is 22.9 Å². The molecule has 1 aromatic carbocycles. The zero-order chi connectivity index (χ0) is 23.8. The number of aromatic nitrogens is 2. The third-order valence-electron chi connectivity index (χ3n) is 5.22. The lowest BCUT2D eigenvalue weighted by molar-refractivity contribution is -0.148. The van der Waals surface area contributed by atoms with Gasteiger partial charge in [0.1, 0.15) is 5.82 Å². The highest BCUT2D eigenvalue weighted by molar-refractivity contribution is 5.78. The van der Waals surface area contributed by atoms with Gasteiger partial charge >= 0.3 is 12.3 Å². The van der Waals surface area contributed by atoms with Crippen LogP contribution in [0, 0.1) is 17.5 Å². The molecule has 2 aromatic rings. The molecule has 174 valence electrons. The van der Waals surface area contributed by atoms with Gasteiger partial charge in [0.15, 0.2) is 11.6 Å². The number of halogens is 6. The van der Waals surface area contributed by atoms with E-state index in [-0.39, 0.29) is 24.3 Å². The third-order valence-corrected chi connectivity index (χ3v) is 5.22. The zero-order valence-corrected chi connectivity index (χ0v) is 16.6. The molecule has 0 saturated heterocycles. The van der Waals surface area contributed by atoms with Crippen LogP contribution < -0.4 is 5.32 Å². The summed E-state index contributed by atoms with van der Waals surface area (Å²) < 4.78 is 80.7. The van der Waals surface area contributed by atoms with Gasteiger partial charge in [0, 0.05) is 31.6 Å². The second-order valence-electron chi connectivity index (χ2n) is 7.33. The highest BCUT2D eigenvalue weighted by atomic mass is 19.4. The molecule has 0 bridgehead atoms. The molecule has 3 rings (SSSR count). The number of benzene rings is 1. The molecule has 1 aliphatic heterocycles. The van der Waals surface area contributed by atoms with Gasteiger partial charge in [-0.15, -0.1) is 0 Å². The van der Waals surface area contributed by atoms with Crippen LogP contribution in [0.1, 0.15) is 36.5 Å². The second-order valence-corrected chi connectivity index (χ2v) is 7.33. The molecule has 2 atom stereocenters. The van der Waals surface area contributed by atoms with Crippen LogP contribution in [0.3, 0.4) is 0 Å². The van der Waals surface area contributed by atoms with Crippen molar-refractivity contribution in [3.8, 4) is 0 Å². The number of imidazole rings is 1. The fourth-order valence-electron chi connectivity index (χ4n) is 3.75. The molecule has 0 unspecified atom stereocenters. The van der Waals surface area contributed by atoms with E-state index in [1.807, 2.05) is 5.32 Å². The smallest absolute Gasteiger partial charge is 0.449 e. The number of nitrogens with one attached hydrogen (secondary N) is 1. The van der Waals surface area contributed by atoms with Crippen molar-refractivity contribution in [3.05, 3.63) is 52.9 Å². The lowest BCUT2D eigenvalue weighted by Crippen LogP contribution is -2.45. The molecule has 1 aromatic heterocycles. The highest BCUT2D eigenvalue weighted by Crippen LogP contribution is 2.34. The van der Waals surface area contributed by atoms with E-state index in [1.165, 1.54) is 11.8 Å². The first-order chi connectivity index (χ1) is 14.9. The van der Waals surface area contributed by atoms with Crippen LogP contribution >= 0.6 is 0 Å². The van der Waals surface area contributed by atoms with Crippen molar-refractivity contribution in [2.45, 2.75) is 44.6 Å². The minimum atomic E-state index is -4.66. The predicted octanol–water partition coefficient (Wildman–Crippen LogP) is 3.49. The maximum atomic E-state index is 14.0. The Kier molecular flexibility index (Phi) is 6.37. The van der Waals surface area contributed by atoms with Crippen LogP contribution in [0.4, 0.5) is 31.1 Å². The Hall–Kier alpha value is -3.25. The third kappa shape index (κ3) is 4.81. The van der Waals surface area contributed by atoms with Gasteiger partial charge < -0.3 is 19.9 Å². The van der Waals surface area contributed by atoms with Gasteiger partial charge in [0.05, 0.1) is 17.9 Å². The number of carbonyl (C=O) groups is 2. The summed E-state index contributed by atoms with van der Waals surface area (Å²) in [6, 6.07) is -1.09. The number of rotatable bonds is 5. The molecule has 2 heterocycles. The maximum Gasteiger partial charge on any atom is 0.449 e. The van der Waals surface area contributed by atoms with E-state index in [9.17, 15) is 35.9 Å². The first-order valence-electron chi connectivity index (χ1n) is 9.43. The summed E-state index contributed by atoms with van der Waals surface area (Å²) in [4.78, 5) is 28.6. The Labute approximate surface area is 177 Å². The van der Waals surface area contributed by atoms with Crippen molar-refractivity contribution >= 4 is 12.0 Å². The average molecular weight is 464 g/mol. The highest BCUT2D eigenvalue weighted by Gasteiger charge is 2.40. The summed E-state index contributed by atoms with van der Waals surface area (Å²) in [6.45, 7) is 1.24. The average Bonchev–Trinajstić information content (AvgIpc) is 3.11. The topological polar surface area (TPSA) is 87.5 Å². The standard InChI is InChI=1S/C19H18F6N4O3/c1-9-15-8-26-17(19(23,24)25)29(15)3-2-28(9)16(30)6-11(27-18(31)32)4-10-5-13(21)14(22)7-12(10)20/h5,7-9,11,27H,2-4,6H2,1H3,(H,31,32)/t9-,11-/m1/s1. The van der Waals surface area contributed by atoms with Gasteiger partial charge in [-0.1, -0.05) is 0 Å². The van der Waals surface area contributed by atoms with E-state index in [0.29, 0.717) is 12.1 Å². The molecule has 1 aliphatic rings. The molecule has 13 heteroatoms. The lowest BCUT2D eigenvalue weighted by atomic mass is 10.0. The summed E-state index contributed by atoms with van der Waals surface area (Å²) >= 11 is 0. The maximum absolute atomic E-state index is 14.0. The molecular weight excluding hydrogens is 446 g/mol. The number of amides is 2. The number of carboxylic acid groups (broad SMARTS) is 1. The molecular formula is C19H18F6N4O3. The summed E-state index contributed by atoms with van der Waals surface area (Å²) in [7, 11) is 0. The molecule has 0 radical (unpaired) electrons. The summed E-state index contributed by atoms with van der Waals surface area (Å²) in [5.74, 6) is -5.54. The Morgan fingerprint density at radius 2 is 1.84 bits per heavy atom. The van der Waals surface area contributed by atoms with Crippen molar-refractivity contribution in [2.24, 2.45) is 0 Å². The van der Waals surface area contributed by atoms with Gasteiger partial charge in [-0.3, -0.25) is 4.79 Å². The minimum absolute atomic E-state index is 0.0915. The van der Waals surface area contributed by atoms with Crippen LogP contribution in [0.5, 0.6) is 0 Å². The zero-order valence-electron chi connectivity index (χ0n) is 16.6. The van der Waals surface area contributed by atoms with E-state index >= 15 is 0 Å². The van der Waals surface area contributed by atoms with Crippen molar-refractivity contribution < 1.29 is 41.0 Å². The minimum Gasteiger partial charge on any atom is -0.465 e. The molecule has 2 amide bonds. The summed E-state index contributed by atoms with van der Waals surface area (Å²) in [6.07, 6.45) is -6.08. The number of hydrogen-bond acceptors (Lipinski definition) is 3. The van der Waals surface area contributed by atoms with E-state index < -0.39 is 66.4 Å². The van der Waals surface area contributed by atoms with E-state index in [0.717, 1.165) is 10.8 Å². The number of nitrogens with zero attached hydrogens (tertiary/aromatic N) is 3. The van der Waals surface area contributed by atoms with Crippen LogP contribution in [-0.2, 0) is 23.9 Å². The monoisotopic (exact) mass is 464 g/mol. The molecule has 0 aliphatic carbocycles. The summed E-state index contributed by atoms with van der Waals surface area (Å²) in [5, 5.41) is 11.1. The fourth-order valence-corrected chi connectivity index (χ4v) is 3.75. The largest absolute Gasteiger partial charge is 0.465 e. The fraction of sp³-hybridized carbons (Fsp3) is 0.421. The molecule has 0 saturated carbocycles. The second kappa shape index (κ2) is 8.71. The molecule has 0 fully saturated rings.